The Labute approximate surface area is 210 Å². The first kappa shape index (κ1) is 25.2. The first-order valence-corrected chi connectivity index (χ1v) is 11.6. The fourth-order valence-corrected chi connectivity index (χ4v) is 4.27. The van der Waals surface area contributed by atoms with Crippen LogP contribution in [0.5, 0.6) is 28.7 Å². The number of phenolic OH excluding ortho intramolecular Hbond substituents is 1. The molecule has 0 saturated carbocycles. The molecule has 0 aliphatic carbocycles. The molecule has 2 aromatic carbocycles. The molecule has 1 aliphatic heterocycles. The van der Waals surface area contributed by atoms with Gasteiger partial charge in [-0.2, -0.15) is 0 Å². The normalized spacial score (nSPS) is 17.5. The summed E-state index contributed by atoms with van der Waals surface area (Å²) in [4.78, 5) is 13.0. The minimum Gasteiger partial charge on any atom is -0.504 e. The van der Waals surface area contributed by atoms with E-state index in [4.69, 9.17) is 23.4 Å². The molecular formula is C29H32O7. The summed E-state index contributed by atoms with van der Waals surface area (Å²) in [5.74, 6) is 1.35. The monoisotopic (exact) mass is 492 g/mol. The molecule has 0 amide bonds. The average molecular weight is 493 g/mol. The van der Waals surface area contributed by atoms with Crippen LogP contribution in [-0.2, 0) is 5.41 Å². The number of fused-ring (bicyclic) bond motifs is 3. The van der Waals surface area contributed by atoms with Gasteiger partial charge in [0.2, 0.25) is 11.5 Å². The Hall–Kier alpha value is -3.87. The topological polar surface area (TPSA) is 87.4 Å². The van der Waals surface area contributed by atoms with E-state index < -0.39 is 28.7 Å². The first-order valence-electron chi connectivity index (χ1n) is 11.6. The van der Waals surface area contributed by atoms with Crippen molar-refractivity contribution in [1.82, 2.24) is 0 Å². The number of benzene rings is 2. The van der Waals surface area contributed by atoms with Crippen molar-refractivity contribution in [2.75, 3.05) is 14.2 Å². The molecule has 0 radical (unpaired) electrons. The standard InChI is InChI=1S/C29H32O7/c1-9-28(3,4)18-13-17-15-21(33-8)24-25(22(17)36-27(18)31)34-23(26(35-24)29(5,6)10-2)16-11-12-19(30)20(14-16)32-7/h9-15,23,26,30H,1-2H2,3-8H3/t23-,26+/m1/s1. The van der Waals surface area contributed by atoms with Gasteiger partial charge in [-0.1, -0.05) is 45.9 Å². The van der Waals surface area contributed by atoms with Crippen LogP contribution in [0.1, 0.15) is 44.9 Å². The van der Waals surface area contributed by atoms with Gasteiger partial charge in [0, 0.05) is 27.3 Å². The van der Waals surface area contributed by atoms with E-state index in [1.165, 1.54) is 7.11 Å². The molecule has 7 heteroatoms. The van der Waals surface area contributed by atoms with E-state index in [9.17, 15) is 9.90 Å². The van der Waals surface area contributed by atoms with Gasteiger partial charge in [-0.05, 0) is 24.3 Å². The molecule has 2 atom stereocenters. The van der Waals surface area contributed by atoms with Crippen molar-refractivity contribution in [3.63, 3.8) is 0 Å². The molecular weight excluding hydrogens is 460 g/mol. The second-order valence-electron chi connectivity index (χ2n) is 10.1. The Morgan fingerprint density at radius 1 is 0.944 bits per heavy atom. The van der Waals surface area contributed by atoms with Crippen LogP contribution in [0.3, 0.4) is 0 Å². The molecule has 3 aromatic rings. The van der Waals surface area contributed by atoms with Crippen molar-refractivity contribution in [2.24, 2.45) is 5.41 Å². The lowest BCUT2D eigenvalue weighted by molar-refractivity contribution is -0.0318. The predicted octanol–water partition coefficient (Wildman–Crippen LogP) is 6.07. The van der Waals surface area contributed by atoms with Crippen LogP contribution in [-0.4, -0.2) is 25.4 Å². The summed E-state index contributed by atoms with van der Waals surface area (Å²) >= 11 is 0. The summed E-state index contributed by atoms with van der Waals surface area (Å²) in [6.45, 7) is 15.6. The highest BCUT2D eigenvalue weighted by Gasteiger charge is 2.44. The van der Waals surface area contributed by atoms with Crippen molar-refractivity contribution in [2.45, 2.75) is 45.3 Å². The number of rotatable bonds is 7. The van der Waals surface area contributed by atoms with Crippen LogP contribution in [0.15, 0.2) is 64.9 Å². The molecule has 0 fully saturated rings. The lowest BCUT2D eigenvalue weighted by Gasteiger charge is -2.41. The van der Waals surface area contributed by atoms with Gasteiger partial charge in [-0.3, -0.25) is 0 Å². The maximum Gasteiger partial charge on any atom is 0.340 e. The first-order chi connectivity index (χ1) is 17.0. The van der Waals surface area contributed by atoms with Gasteiger partial charge in [-0.25, -0.2) is 4.79 Å². The fourth-order valence-electron chi connectivity index (χ4n) is 4.27. The zero-order valence-electron chi connectivity index (χ0n) is 21.5. The number of ether oxygens (including phenoxy) is 4. The van der Waals surface area contributed by atoms with Crippen molar-refractivity contribution < 1.29 is 28.5 Å². The highest BCUT2D eigenvalue weighted by atomic mass is 16.6. The molecule has 1 N–H and O–H groups in total. The van der Waals surface area contributed by atoms with Crippen LogP contribution < -0.4 is 24.6 Å². The number of phenols is 1. The lowest BCUT2D eigenvalue weighted by Crippen LogP contribution is -2.43. The number of aromatic hydroxyl groups is 1. The maximum absolute atomic E-state index is 13.0. The lowest BCUT2D eigenvalue weighted by atomic mass is 9.80. The molecule has 7 nitrogen and oxygen atoms in total. The summed E-state index contributed by atoms with van der Waals surface area (Å²) in [5, 5.41) is 10.8. The van der Waals surface area contributed by atoms with E-state index in [-0.39, 0.29) is 17.1 Å². The second kappa shape index (κ2) is 8.97. The van der Waals surface area contributed by atoms with Crippen LogP contribution in [0.25, 0.3) is 11.0 Å². The summed E-state index contributed by atoms with van der Waals surface area (Å²) in [6.07, 6.45) is 2.32. The third kappa shape index (κ3) is 4.08. The molecule has 0 spiro atoms. The Bertz CT molecular complexity index is 1400. The van der Waals surface area contributed by atoms with Crippen molar-refractivity contribution in [1.29, 1.82) is 0 Å². The third-order valence-electron chi connectivity index (χ3n) is 6.88. The highest BCUT2D eigenvalue weighted by molar-refractivity contribution is 5.89. The van der Waals surface area contributed by atoms with Gasteiger partial charge >= 0.3 is 5.63 Å². The second-order valence-corrected chi connectivity index (χ2v) is 10.1. The smallest absolute Gasteiger partial charge is 0.340 e. The van der Waals surface area contributed by atoms with Gasteiger partial charge in [0.25, 0.3) is 0 Å². The zero-order chi connectivity index (χ0) is 26.4. The number of methoxy groups -OCH3 is 2. The van der Waals surface area contributed by atoms with E-state index in [2.05, 4.69) is 13.2 Å². The van der Waals surface area contributed by atoms with Gasteiger partial charge in [0.05, 0.1) is 14.2 Å². The van der Waals surface area contributed by atoms with E-state index in [1.54, 1.807) is 49.6 Å². The zero-order valence-corrected chi connectivity index (χ0v) is 21.5. The Kier molecular flexibility index (Phi) is 6.29. The minimum absolute atomic E-state index is 0.00777. The largest absolute Gasteiger partial charge is 0.504 e. The van der Waals surface area contributed by atoms with Gasteiger partial charge in [-0.15, -0.1) is 13.2 Å². The fraction of sp³-hybridized carbons (Fsp3) is 0.345. The number of allylic oxidation sites excluding steroid dienone is 1. The molecule has 1 aliphatic rings. The average Bonchev–Trinajstić information content (AvgIpc) is 2.87. The molecule has 1 aromatic heterocycles. The number of hydrogen-bond acceptors (Lipinski definition) is 7. The predicted molar refractivity (Wildman–Crippen MR) is 139 cm³/mol. The molecule has 2 heterocycles. The van der Waals surface area contributed by atoms with Crippen LogP contribution in [0.4, 0.5) is 0 Å². The minimum atomic E-state index is -0.648. The Morgan fingerprint density at radius 3 is 2.25 bits per heavy atom. The maximum atomic E-state index is 13.0. The summed E-state index contributed by atoms with van der Waals surface area (Å²) < 4.78 is 29.9. The molecule has 36 heavy (non-hydrogen) atoms. The van der Waals surface area contributed by atoms with Crippen LogP contribution in [0.2, 0.25) is 0 Å². The van der Waals surface area contributed by atoms with E-state index in [0.717, 1.165) is 0 Å². The molecule has 190 valence electrons. The van der Waals surface area contributed by atoms with Gasteiger partial charge < -0.3 is 28.5 Å². The van der Waals surface area contributed by atoms with Crippen LogP contribution in [0, 0.1) is 5.41 Å². The SMILES string of the molecule is C=CC(C)(C)c1cc2cc(OC)c3c(c2oc1=O)O[C@H](c1ccc(O)c(OC)c1)[C@@H](C(C)(C)C=C)O3. The summed E-state index contributed by atoms with van der Waals surface area (Å²) in [7, 11) is 3.02. The van der Waals surface area contributed by atoms with Crippen LogP contribution >= 0.6 is 0 Å². The molecule has 0 bridgehead atoms. The quantitative estimate of drug-likeness (QED) is 0.316. The molecule has 4 rings (SSSR count). The van der Waals surface area contributed by atoms with Crippen molar-refractivity contribution >= 4 is 11.0 Å². The van der Waals surface area contributed by atoms with E-state index in [1.807, 2.05) is 27.7 Å². The van der Waals surface area contributed by atoms with E-state index >= 15 is 0 Å². The molecule has 0 saturated heterocycles. The van der Waals surface area contributed by atoms with Gasteiger partial charge in [0.15, 0.2) is 28.9 Å². The highest BCUT2D eigenvalue weighted by Crippen LogP contribution is 2.53. The van der Waals surface area contributed by atoms with Gasteiger partial charge in [0.1, 0.15) is 6.10 Å². The Balaban J connectivity index is 1.98. The Morgan fingerprint density at radius 2 is 1.64 bits per heavy atom. The summed E-state index contributed by atoms with van der Waals surface area (Å²) in [6, 6.07) is 8.52. The molecule has 0 unspecified atom stereocenters. The summed E-state index contributed by atoms with van der Waals surface area (Å²) in [5.41, 5.74) is -0.192. The van der Waals surface area contributed by atoms with Crippen molar-refractivity contribution in [3.05, 3.63) is 77.2 Å². The number of hydrogen-bond donors (Lipinski definition) is 1. The van der Waals surface area contributed by atoms with Crippen molar-refractivity contribution in [3.8, 4) is 28.7 Å². The third-order valence-corrected chi connectivity index (χ3v) is 6.88. The van der Waals surface area contributed by atoms with E-state index in [0.29, 0.717) is 33.8 Å².